The number of para-hydroxylation sites is 1. The molecule has 1 aromatic carbocycles. The van der Waals surface area contributed by atoms with Crippen molar-refractivity contribution in [3.05, 3.63) is 39.9 Å². The van der Waals surface area contributed by atoms with Crippen LogP contribution in [0.15, 0.2) is 24.3 Å². The van der Waals surface area contributed by atoms with Gasteiger partial charge >= 0.3 is 0 Å². The molecule has 0 saturated carbocycles. The van der Waals surface area contributed by atoms with Gasteiger partial charge in [0.05, 0.1) is 24.1 Å². The van der Waals surface area contributed by atoms with E-state index < -0.39 is 4.92 Å². The second-order valence-corrected chi connectivity index (χ2v) is 4.56. The number of rotatable bonds is 5. The standard InChI is InChI=1S/C13H17N3O4/c17-13(15-9-11-8-14-5-6-20-11)7-10-3-1-2-4-12(10)16(18)19/h1-4,11,14H,5-9H2,(H,15,17). The Hall–Kier alpha value is -1.99. The van der Waals surface area contributed by atoms with E-state index in [9.17, 15) is 14.9 Å². The van der Waals surface area contributed by atoms with Crippen LogP contribution in [0.2, 0.25) is 0 Å². The maximum atomic E-state index is 11.8. The largest absolute Gasteiger partial charge is 0.374 e. The van der Waals surface area contributed by atoms with Crippen molar-refractivity contribution in [2.45, 2.75) is 12.5 Å². The van der Waals surface area contributed by atoms with E-state index in [0.717, 1.165) is 6.54 Å². The number of hydrogen-bond donors (Lipinski definition) is 2. The molecule has 1 aromatic rings. The number of nitrogens with one attached hydrogen (secondary N) is 2. The molecule has 7 nitrogen and oxygen atoms in total. The van der Waals surface area contributed by atoms with E-state index in [1.165, 1.54) is 6.07 Å². The Labute approximate surface area is 116 Å². The fourth-order valence-corrected chi connectivity index (χ4v) is 2.05. The number of morpholine rings is 1. The summed E-state index contributed by atoms with van der Waals surface area (Å²) in [4.78, 5) is 22.2. The predicted octanol–water partition coefficient (Wildman–Crippen LogP) is 0.242. The Bertz CT molecular complexity index is 486. The average Bonchev–Trinajstić information content (AvgIpc) is 2.46. The van der Waals surface area contributed by atoms with Crippen LogP contribution in [0.4, 0.5) is 5.69 Å². The minimum atomic E-state index is -0.475. The number of ether oxygens (including phenoxy) is 1. The fraction of sp³-hybridized carbons (Fsp3) is 0.462. The summed E-state index contributed by atoms with van der Waals surface area (Å²) in [6.07, 6.45) is -0.0458. The van der Waals surface area contributed by atoms with Crippen molar-refractivity contribution >= 4 is 11.6 Å². The highest BCUT2D eigenvalue weighted by atomic mass is 16.6. The van der Waals surface area contributed by atoms with Crippen molar-refractivity contribution < 1.29 is 14.5 Å². The molecule has 0 spiro atoms. The monoisotopic (exact) mass is 279 g/mol. The molecule has 1 fully saturated rings. The summed E-state index contributed by atoms with van der Waals surface area (Å²) in [5.74, 6) is -0.242. The summed E-state index contributed by atoms with van der Waals surface area (Å²) in [5.41, 5.74) is 0.385. The lowest BCUT2D eigenvalue weighted by Crippen LogP contribution is -2.45. The Morgan fingerprint density at radius 3 is 3.00 bits per heavy atom. The van der Waals surface area contributed by atoms with Crippen molar-refractivity contribution in [2.24, 2.45) is 0 Å². The van der Waals surface area contributed by atoms with Gasteiger partial charge in [0, 0.05) is 31.3 Å². The summed E-state index contributed by atoms with van der Waals surface area (Å²) in [7, 11) is 0. The topological polar surface area (TPSA) is 93.5 Å². The predicted molar refractivity (Wildman–Crippen MR) is 72.4 cm³/mol. The molecule has 1 amide bonds. The molecule has 2 rings (SSSR count). The molecule has 1 aliphatic heterocycles. The van der Waals surface area contributed by atoms with Crippen LogP contribution in [-0.2, 0) is 16.0 Å². The number of carbonyl (C=O) groups is 1. The van der Waals surface area contributed by atoms with Gasteiger partial charge in [-0.25, -0.2) is 0 Å². The number of benzene rings is 1. The summed E-state index contributed by atoms with van der Waals surface area (Å²) >= 11 is 0. The third kappa shape index (κ3) is 4.01. The van der Waals surface area contributed by atoms with Crippen molar-refractivity contribution in [3.8, 4) is 0 Å². The van der Waals surface area contributed by atoms with E-state index in [2.05, 4.69) is 10.6 Å². The first-order valence-corrected chi connectivity index (χ1v) is 6.48. The molecule has 2 N–H and O–H groups in total. The molecule has 108 valence electrons. The first-order valence-electron chi connectivity index (χ1n) is 6.48. The highest BCUT2D eigenvalue weighted by molar-refractivity contribution is 5.79. The number of amides is 1. The second kappa shape index (κ2) is 6.97. The minimum Gasteiger partial charge on any atom is -0.374 e. The molecular formula is C13H17N3O4. The smallest absolute Gasteiger partial charge is 0.273 e. The first-order chi connectivity index (χ1) is 9.66. The molecule has 1 aliphatic rings. The van der Waals surface area contributed by atoms with Crippen LogP contribution in [0.25, 0.3) is 0 Å². The molecular weight excluding hydrogens is 262 g/mol. The number of nitro groups is 1. The fourth-order valence-electron chi connectivity index (χ4n) is 2.05. The van der Waals surface area contributed by atoms with Gasteiger partial charge in [0.2, 0.25) is 5.91 Å². The minimum absolute atomic E-state index is 0.00268. The zero-order valence-corrected chi connectivity index (χ0v) is 11.0. The van der Waals surface area contributed by atoms with Crippen molar-refractivity contribution in [1.29, 1.82) is 0 Å². The van der Waals surface area contributed by atoms with Gasteiger partial charge in [-0.2, -0.15) is 0 Å². The lowest BCUT2D eigenvalue weighted by Gasteiger charge is -2.23. The van der Waals surface area contributed by atoms with Crippen LogP contribution in [0.1, 0.15) is 5.56 Å². The second-order valence-electron chi connectivity index (χ2n) is 4.56. The van der Waals surface area contributed by atoms with Gasteiger partial charge in [0.15, 0.2) is 0 Å². The molecule has 1 unspecified atom stereocenters. The van der Waals surface area contributed by atoms with E-state index in [4.69, 9.17) is 4.74 Å². The van der Waals surface area contributed by atoms with Crippen LogP contribution >= 0.6 is 0 Å². The lowest BCUT2D eigenvalue weighted by molar-refractivity contribution is -0.385. The number of carbonyl (C=O) groups excluding carboxylic acids is 1. The normalized spacial score (nSPS) is 18.5. The first kappa shape index (κ1) is 14.4. The number of nitrogens with zero attached hydrogens (tertiary/aromatic N) is 1. The maximum Gasteiger partial charge on any atom is 0.273 e. The van der Waals surface area contributed by atoms with E-state index in [1.807, 2.05) is 0 Å². The van der Waals surface area contributed by atoms with Crippen LogP contribution in [0.5, 0.6) is 0 Å². The molecule has 1 saturated heterocycles. The van der Waals surface area contributed by atoms with E-state index in [1.54, 1.807) is 18.2 Å². The molecule has 1 heterocycles. The van der Waals surface area contributed by atoms with Crippen molar-refractivity contribution in [3.63, 3.8) is 0 Å². The third-order valence-corrected chi connectivity index (χ3v) is 3.07. The lowest BCUT2D eigenvalue weighted by atomic mass is 10.1. The summed E-state index contributed by atoms with van der Waals surface area (Å²) in [6.45, 7) is 2.56. The molecule has 20 heavy (non-hydrogen) atoms. The summed E-state index contributed by atoms with van der Waals surface area (Å²) in [5, 5.41) is 16.8. The number of nitro benzene ring substituents is 1. The molecule has 0 aromatic heterocycles. The molecule has 7 heteroatoms. The molecule has 1 atom stereocenters. The summed E-state index contributed by atoms with van der Waals surface area (Å²) < 4.78 is 5.46. The van der Waals surface area contributed by atoms with E-state index in [0.29, 0.717) is 25.3 Å². The van der Waals surface area contributed by atoms with Crippen LogP contribution in [-0.4, -0.2) is 43.2 Å². The average molecular weight is 279 g/mol. The van der Waals surface area contributed by atoms with Crippen LogP contribution < -0.4 is 10.6 Å². The van der Waals surface area contributed by atoms with Gasteiger partial charge in [0.25, 0.3) is 5.69 Å². The van der Waals surface area contributed by atoms with Gasteiger partial charge in [-0.05, 0) is 0 Å². The zero-order valence-electron chi connectivity index (χ0n) is 11.0. The van der Waals surface area contributed by atoms with Gasteiger partial charge in [-0.1, -0.05) is 18.2 Å². The van der Waals surface area contributed by atoms with Gasteiger partial charge in [-0.3, -0.25) is 14.9 Å². The molecule has 0 radical (unpaired) electrons. The van der Waals surface area contributed by atoms with E-state index in [-0.39, 0.29) is 24.1 Å². The Balaban J connectivity index is 1.86. The van der Waals surface area contributed by atoms with Gasteiger partial charge < -0.3 is 15.4 Å². The summed E-state index contributed by atoms with van der Waals surface area (Å²) in [6, 6.07) is 6.26. The van der Waals surface area contributed by atoms with Gasteiger partial charge in [0.1, 0.15) is 0 Å². The molecule has 0 aliphatic carbocycles. The number of hydrogen-bond acceptors (Lipinski definition) is 5. The Morgan fingerprint density at radius 1 is 1.50 bits per heavy atom. The van der Waals surface area contributed by atoms with Crippen LogP contribution in [0, 0.1) is 10.1 Å². The van der Waals surface area contributed by atoms with Crippen LogP contribution in [0.3, 0.4) is 0 Å². The highest BCUT2D eigenvalue weighted by Gasteiger charge is 2.17. The third-order valence-electron chi connectivity index (χ3n) is 3.07. The maximum absolute atomic E-state index is 11.8. The zero-order chi connectivity index (χ0) is 14.4. The Morgan fingerprint density at radius 2 is 2.30 bits per heavy atom. The quantitative estimate of drug-likeness (QED) is 0.595. The van der Waals surface area contributed by atoms with Gasteiger partial charge in [-0.15, -0.1) is 0 Å². The van der Waals surface area contributed by atoms with E-state index >= 15 is 0 Å². The van der Waals surface area contributed by atoms with Crippen molar-refractivity contribution in [1.82, 2.24) is 10.6 Å². The Kier molecular flexibility index (Phi) is 5.03. The molecule has 0 bridgehead atoms. The SMILES string of the molecule is O=C(Cc1ccccc1[N+](=O)[O-])NCC1CNCCO1. The highest BCUT2D eigenvalue weighted by Crippen LogP contribution is 2.17. The van der Waals surface area contributed by atoms with Crippen molar-refractivity contribution in [2.75, 3.05) is 26.2 Å².